The predicted molar refractivity (Wildman–Crippen MR) is 82.1 cm³/mol. The van der Waals surface area contributed by atoms with Crippen molar-refractivity contribution in [2.24, 2.45) is 0 Å². The van der Waals surface area contributed by atoms with Crippen molar-refractivity contribution in [1.82, 2.24) is 15.1 Å². The Morgan fingerprint density at radius 2 is 2.05 bits per heavy atom. The van der Waals surface area contributed by atoms with Crippen molar-refractivity contribution in [3.63, 3.8) is 0 Å². The molecule has 0 spiro atoms. The van der Waals surface area contributed by atoms with E-state index in [4.69, 9.17) is 0 Å². The third-order valence-corrected chi connectivity index (χ3v) is 3.70. The van der Waals surface area contributed by atoms with Gasteiger partial charge >= 0.3 is 0 Å². The monoisotopic (exact) mass is 321 g/mol. The zero-order valence-electron chi connectivity index (χ0n) is 11.4. The van der Waals surface area contributed by atoms with E-state index < -0.39 is 0 Å². The normalized spacial score (nSPS) is 12.6. The maximum atomic E-state index is 4.29. The van der Waals surface area contributed by atoms with Crippen LogP contribution in [0.2, 0.25) is 0 Å². The Labute approximate surface area is 123 Å². The Kier molecular flexibility index (Phi) is 5.16. The molecule has 1 aromatic carbocycles. The van der Waals surface area contributed by atoms with Crippen molar-refractivity contribution in [2.75, 3.05) is 6.54 Å². The maximum absolute atomic E-state index is 4.29. The summed E-state index contributed by atoms with van der Waals surface area (Å²) >= 11 is 3.47. The summed E-state index contributed by atoms with van der Waals surface area (Å²) in [7, 11) is 0. The summed E-state index contributed by atoms with van der Waals surface area (Å²) in [6.07, 6.45) is 5.05. The summed E-state index contributed by atoms with van der Waals surface area (Å²) in [6.45, 7) is 6.10. The Balaban J connectivity index is 1.87. The maximum Gasteiger partial charge on any atom is 0.0534 e. The molecule has 2 rings (SSSR count). The first-order chi connectivity index (χ1) is 9.19. The Bertz CT molecular complexity index is 504. The van der Waals surface area contributed by atoms with E-state index in [1.807, 2.05) is 10.9 Å². The van der Waals surface area contributed by atoms with Crippen LogP contribution in [0.15, 0.2) is 41.1 Å². The van der Waals surface area contributed by atoms with Gasteiger partial charge in [0.05, 0.1) is 12.7 Å². The summed E-state index contributed by atoms with van der Waals surface area (Å²) in [5.41, 5.74) is 2.54. The molecule has 0 saturated heterocycles. The van der Waals surface area contributed by atoms with Gasteiger partial charge in [0.2, 0.25) is 0 Å². The fourth-order valence-corrected chi connectivity index (χ4v) is 2.40. The van der Waals surface area contributed by atoms with Gasteiger partial charge in [0.25, 0.3) is 0 Å². The molecule has 0 radical (unpaired) electrons. The molecule has 1 N–H and O–H groups in total. The largest absolute Gasteiger partial charge is 0.308 e. The first-order valence-corrected chi connectivity index (χ1v) is 7.46. The Hall–Kier alpha value is -1.13. The lowest BCUT2D eigenvalue weighted by atomic mass is 10.0. The smallest absolute Gasteiger partial charge is 0.0534 e. The van der Waals surface area contributed by atoms with E-state index in [2.05, 4.69) is 70.7 Å². The van der Waals surface area contributed by atoms with Crippen molar-refractivity contribution in [3.8, 4) is 0 Å². The van der Waals surface area contributed by atoms with Crippen LogP contribution in [0, 0.1) is 6.92 Å². The average Bonchev–Trinajstić information content (AvgIpc) is 2.82. The van der Waals surface area contributed by atoms with Crippen LogP contribution in [0.1, 0.15) is 30.5 Å². The minimum atomic E-state index is 0.407. The lowest BCUT2D eigenvalue weighted by Gasteiger charge is -2.17. The van der Waals surface area contributed by atoms with Crippen molar-refractivity contribution in [2.45, 2.75) is 32.9 Å². The van der Waals surface area contributed by atoms with Crippen LogP contribution in [0.3, 0.4) is 0 Å². The van der Waals surface area contributed by atoms with Crippen molar-refractivity contribution < 1.29 is 0 Å². The van der Waals surface area contributed by atoms with Gasteiger partial charge in [0.15, 0.2) is 0 Å². The second-order valence-corrected chi connectivity index (χ2v) is 5.66. The van der Waals surface area contributed by atoms with E-state index in [0.717, 1.165) is 24.0 Å². The van der Waals surface area contributed by atoms with E-state index in [1.165, 1.54) is 11.1 Å². The number of nitrogens with zero attached hydrogens (tertiary/aromatic N) is 2. The summed E-state index contributed by atoms with van der Waals surface area (Å²) in [5, 5.41) is 7.88. The second-order valence-electron chi connectivity index (χ2n) is 4.75. The van der Waals surface area contributed by atoms with E-state index in [0.29, 0.717) is 6.04 Å². The zero-order valence-corrected chi connectivity index (χ0v) is 13.0. The van der Waals surface area contributed by atoms with Gasteiger partial charge in [-0.1, -0.05) is 35.0 Å². The van der Waals surface area contributed by atoms with Crippen LogP contribution >= 0.6 is 15.9 Å². The molecule has 1 unspecified atom stereocenters. The van der Waals surface area contributed by atoms with Crippen LogP contribution in [0.25, 0.3) is 0 Å². The molecule has 102 valence electrons. The van der Waals surface area contributed by atoms with Crippen LogP contribution in [0.4, 0.5) is 0 Å². The molecule has 0 aliphatic heterocycles. The average molecular weight is 322 g/mol. The molecule has 0 bridgehead atoms. The highest BCUT2D eigenvalue weighted by atomic mass is 79.9. The number of nitrogens with one attached hydrogen (secondary N) is 1. The molecule has 0 saturated carbocycles. The van der Waals surface area contributed by atoms with E-state index in [9.17, 15) is 0 Å². The van der Waals surface area contributed by atoms with Crippen LogP contribution in [-0.2, 0) is 6.54 Å². The summed E-state index contributed by atoms with van der Waals surface area (Å²) in [4.78, 5) is 0. The first-order valence-electron chi connectivity index (χ1n) is 6.67. The standard InChI is InChI=1S/C15H20BrN3/c1-3-15(13-4-6-14(16)7-5-13)17-8-9-19-11-12(2)10-18-19/h4-7,10-11,15,17H,3,8-9H2,1-2H3. The molecule has 0 amide bonds. The van der Waals surface area contributed by atoms with Gasteiger partial charge in [-0.2, -0.15) is 5.10 Å². The van der Waals surface area contributed by atoms with Crippen LogP contribution < -0.4 is 5.32 Å². The summed E-state index contributed by atoms with van der Waals surface area (Å²) in [6, 6.07) is 8.93. The van der Waals surface area contributed by atoms with Crippen molar-refractivity contribution in [3.05, 3.63) is 52.3 Å². The van der Waals surface area contributed by atoms with Crippen LogP contribution in [-0.4, -0.2) is 16.3 Å². The number of hydrogen-bond acceptors (Lipinski definition) is 2. The molecular weight excluding hydrogens is 302 g/mol. The topological polar surface area (TPSA) is 29.9 Å². The predicted octanol–water partition coefficient (Wildman–Crippen LogP) is 3.69. The molecular formula is C15H20BrN3. The fraction of sp³-hybridized carbons (Fsp3) is 0.400. The summed E-state index contributed by atoms with van der Waals surface area (Å²) in [5.74, 6) is 0. The van der Waals surface area contributed by atoms with E-state index in [1.54, 1.807) is 0 Å². The first kappa shape index (κ1) is 14.3. The highest BCUT2D eigenvalue weighted by Crippen LogP contribution is 2.19. The Morgan fingerprint density at radius 3 is 2.63 bits per heavy atom. The third kappa shape index (κ3) is 4.18. The van der Waals surface area contributed by atoms with Crippen molar-refractivity contribution in [1.29, 1.82) is 0 Å². The molecule has 2 aromatic rings. The third-order valence-electron chi connectivity index (χ3n) is 3.17. The minimum Gasteiger partial charge on any atom is -0.308 e. The SMILES string of the molecule is CCC(NCCn1cc(C)cn1)c1ccc(Br)cc1. The number of aryl methyl sites for hydroxylation is 1. The number of aromatic nitrogens is 2. The van der Waals surface area contributed by atoms with Gasteiger partial charge in [0, 0.05) is 23.3 Å². The highest BCUT2D eigenvalue weighted by Gasteiger charge is 2.08. The fourth-order valence-electron chi connectivity index (χ4n) is 2.14. The second kappa shape index (κ2) is 6.87. The molecule has 0 aliphatic rings. The molecule has 1 heterocycles. The molecule has 3 nitrogen and oxygen atoms in total. The molecule has 19 heavy (non-hydrogen) atoms. The van der Waals surface area contributed by atoms with Crippen molar-refractivity contribution >= 4 is 15.9 Å². The number of halogens is 1. The molecule has 0 fully saturated rings. The van der Waals surface area contributed by atoms with E-state index >= 15 is 0 Å². The molecule has 1 atom stereocenters. The molecule has 1 aromatic heterocycles. The minimum absolute atomic E-state index is 0.407. The quantitative estimate of drug-likeness (QED) is 0.879. The van der Waals surface area contributed by atoms with Gasteiger partial charge in [-0.05, 0) is 36.6 Å². The number of hydrogen-bond donors (Lipinski definition) is 1. The van der Waals surface area contributed by atoms with Gasteiger partial charge in [-0.3, -0.25) is 4.68 Å². The summed E-state index contributed by atoms with van der Waals surface area (Å²) < 4.78 is 3.11. The van der Waals surface area contributed by atoms with Gasteiger partial charge < -0.3 is 5.32 Å². The van der Waals surface area contributed by atoms with E-state index in [-0.39, 0.29) is 0 Å². The van der Waals surface area contributed by atoms with Gasteiger partial charge in [0.1, 0.15) is 0 Å². The molecule has 4 heteroatoms. The molecule has 0 aliphatic carbocycles. The highest BCUT2D eigenvalue weighted by molar-refractivity contribution is 9.10. The number of benzene rings is 1. The van der Waals surface area contributed by atoms with Crippen LogP contribution in [0.5, 0.6) is 0 Å². The zero-order chi connectivity index (χ0) is 13.7. The lowest BCUT2D eigenvalue weighted by molar-refractivity contribution is 0.476. The lowest BCUT2D eigenvalue weighted by Crippen LogP contribution is -2.25. The Morgan fingerprint density at radius 1 is 1.32 bits per heavy atom. The van der Waals surface area contributed by atoms with Gasteiger partial charge in [-0.15, -0.1) is 0 Å². The van der Waals surface area contributed by atoms with Gasteiger partial charge in [-0.25, -0.2) is 0 Å². The number of rotatable bonds is 6.